The number of rotatable bonds is 0. The van der Waals surface area contributed by atoms with E-state index in [-0.39, 0.29) is 11.1 Å². The van der Waals surface area contributed by atoms with Crippen molar-refractivity contribution in [1.82, 2.24) is 0 Å². The fraction of sp³-hybridized carbons (Fsp3) is 0.0222. The summed E-state index contributed by atoms with van der Waals surface area (Å²) < 4.78 is 0. The summed E-state index contributed by atoms with van der Waals surface area (Å²) in [5.41, 5.74) is 17.3. The molecule has 0 saturated carbocycles. The van der Waals surface area contributed by atoms with E-state index in [1.807, 2.05) is 36.4 Å². The van der Waals surface area contributed by atoms with Crippen molar-refractivity contribution in [2.45, 2.75) is 5.41 Å². The Hall–Kier alpha value is -7.24. The van der Waals surface area contributed by atoms with Crippen LogP contribution < -0.4 is 0 Å². The van der Waals surface area contributed by atoms with Gasteiger partial charge in [-0.15, -0.1) is 0 Å². The molecule has 49 heavy (non-hydrogen) atoms. The molecule has 6 aromatic rings. The van der Waals surface area contributed by atoms with Gasteiger partial charge in [-0.1, -0.05) is 97.1 Å². The Morgan fingerprint density at radius 1 is 0.327 bits per heavy atom. The van der Waals surface area contributed by atoms with Crippen molar-refractivity contribution in [2.75, 3.05) is 0 Å². The highest BCUT2D eigenvalue weighted by molar-refractivity contribution is 6.09. The first kappa shape index (κ1) is 26.9. The van der Waals surface area contributed by atoms with Crippen LogP contribution in [0.25, 0.3) is 55.7 Å². The third-order valence-electron chi connectivity index (χ3n) is 10.8. The van der Waals surface area contributed by atoms with E-state index < -0.39 is 5.41 Å². The van der Waals surface area contributed by atoms with Gasteiger partial charge in [-0.2, -0.15) is 21.0 Å². The van der Waals surface area contributed by atoms with Crippen LogP contribution in [0.15, 0.2) is 132 Å². The monoisotopic (exact) mass is 616 g/mol. The van der Waals surface area contributed by atoms with Gasteiger partial charge in [-0.05, 0) is 113 Å². The van der Waals surface area contributed by atoms with E-state index in [1.165, 1.54) is 0 Å². The molecular formula is C45H20N4. The summed E-state index contributed by atoms with van der Waals surface area (Å²) in [6, 6.07) is 50.7. The van der Waals surface area contributed by atoms with Crippen molar-refractivity contribution < 1.29 is 0 Å². The first-order chi connectivity index (χ1) is 24.1. The largest absolute Gasteiger partial charge is 0.192 e. The molecule has 0 amide bonds. The molecule has 0 heterocycles. The van der Waals surface area contributed by atoms with Crippen LogP contribution in [0.5, 0.6) is 0 Å². The number of hydrogen-bond acceptors (Lipinski definition) is 4. The van der Waals surface area contributed by atoms with Gasteiger partial charge in [-0.3, -0.25) is 0 Å². The fourth-order valence-electron chi connectivity index (χ4n) is 9.06. The third kappa shape index (κ3) is 3.09. The van der Waals surface area contributed by atoms with Gasteiger partial charge in [-0.25, -0.2) is 0 Å². The summed E-state index contributed by atoms with van der Waals surface area (Å²) in [5.74, 6) is 0. The highest BCUT2D eigenvalue weighted by atomic mass is 14.5. The molecule has 0 aliphatic heterocycles. The number of fused-ring (bicyclic) bond motifs is 16. The SMILES string of the molecule is N#CC(C#N)=C1c2ccccc2-c2cc3c(cc21)C1(c2ccccc2-3)c2ccccc2-c2cc3c(cc21)C(=C(C#N)C#N)c1ccccc1-3. The Balaban J connectivity index is 1.37. The second kappa shape index (κ2) is 9.41. The Kier molecular flexibility index (Phi) is 5.17. The van der Waals surface area contributed by atoms with Crippen LogP contribution in [0.2, 0.25) is 0 Å². The standard InChI is InChI=1S/C45H20N4/c46-21-25(22-47)43-31-13-3-1-9-27(31)33-17-35-29-11-5-7-15-39(29)45(41(35)19-37(33)43)40-16-8-6-12-30(40)36-18-34-28-10-2-4-14-32(28)44(26(23-48)24-49)38(34)20-42(36)45/h1-20H. The van der Waals surface area contributed by atoms with Crippen LogP contribution in [-0.2, 0) is 5.41 Å². The van der Waals surface area contributed by atoms with Gasteiger partial charge in [0.25, 0.3) is 0 Å². The topological polar surface area (TPSA) is 95.2 Å². The number of nitrogens with zero attached hydrogens (tertiary/aromatic N) is 4. The number of nitriles is 4. The fourth-order valence-corrected chi connectivity index (χ4v) is 9.06. The summed E-state index contributed by atoms with van der Waals surface area (Å²) in [6.45, 7) is 0. The maximum Gasteiger partial charge on any atom is 0.138 e. The number of benzene rings is 6. The van der Waals surface area contributed by atoms with Crippen molar-refractivity contribution in [2.24, 2.45) is 0 Å². The normalized spacial score (nSPS) is 13.7. The van der Waals surface area contributed by atoms with E-state index in [2.05, 4.69) is 109 Å². The van der Waals surface area contributed by atoms with E-state index in [4.69, 9.17) is 0 Å². The second-order valence-electron chi connectivity index (χ2n) is 12.8. The molecule has 6 aromatic carbocycles. The molecule has 0 bridgehead atoms. The lowest BCUT2D eigenvalue weighted by atomic mass is 9.69. The molecule has 0 aromatic heterocycles. The second-order valence-corrected chi connectivity index (χ2v) is 12.8. The minimum atomic E-state index is -0.722. The van der Waals surface area contributed by atoms with Crippen LogP contribution in [0.3, 0.4) is 0 Å². The summed E-state index contributed by atoms with van der Waals surface area (Å²) in [7, 11) is 0. The molecule has 0 radical (unpaired) electrons. The molecule has 10 rings (SSSR count). The first-order valence-corrected chi connectivity index (χ1v) is 16.0. The molecule has 0 unspecified atom stereocenters. The summed E-state index contributed by atoms with van der Waals surface area (Å²) in [4.78, 5) is 0. The highest BCUT2D eigenvalue weighted by Crippen LogP contribution is 2.65. The average Bonchev–Trinajstić information content (AvgIpc) is 3.84. The maximum absolute atomic E-state index is 10.1. The molecule has 0 N–H and O–H groups in total. The van der Waals surface area contributed by atoms with Crippen molar-refractivity contribution in [1.29, 1.82) is 21.0 Å². The molecule has 220 valence electrons. The molecular weight excluding hydrogens is 597 g/mol. The predicted octanol–water partition coefficient (Wildman–Crippen LogP) is 9.69. The Morgan fingerprint density at radius 2 is 0.673 bits per heavy atom. The van der Waals surface area contributed by atoms with Crippen LogP contribution in [-0.4, -0.2) is 0 Å². The summed E-state index contributed by atoms with van der Waals surface area (Å²) in [6.07, 6.45) is 0. The van der Waals surface area contributed by atoms with Crippen molar-refractivity contribution >= 4 is 11.1 Å². The minimum Gasteiger partial charge on any atom is -0.192 e. The van der Waals surface area contributed by atoms with Crippen molar-refractivity contribution in [3.8, 4) is 68.8 Å². The molecule has 0 saturated heterocycles. The first-order valence-electron chi connectivity index (χ1n) is 16.0. The van der Waals surface area contributed by atoms with E-state index in [0.29, 0.717) is 11.1 Å². The smallest absolute Gasteiger partial charge is 0.138 e. The lowest BCUT2D eigenvalue weighted by Crippen LogP contribution is -2.26. The van der Waals surface area contributed by atoms with Gasteiger partial charge in [0.2, 0.25) is 0 Å². The third-order valence-corrected chi connectivity index (χ3v) is 10.8. The van der Waals surface area contributed by atoms with Gasteiger partial charge in [0, 0.05) is 11.1 Å². The Bertz CT molecular complexity index is 2590. The molecule has 0 fully saturated rings. The van der Waals surface area contributed by atoms with Crippen LogP contribution in [0.1, 0.15) is 44.5 Å². The lowest BCUT2D eigenvalue weighted by Gasteiger charge is -2.31. The van der Waals surface area contributed by atoms with Crippen LogP contribution in [0.4, 0.5) is 0 Å². The Labute approximate surface area is 282 Å². The maximum atomic E-state index is 10.1. The zero-order chi connectivity index (χ0) is 33.0. The van der Waals surface area contributed by atoms with E-state index >= 15 is 0 Å². The zero-order valence-corrected chi connectivity index (χ0v) is 25.8. The average molecular weight is 617 g/mol. The van der Waals surface area contributed by atoms with Crippen molar-refractivity contribution in [3.05, 3.63) is 177 Å². The number of hydrogen-bond donors (Lipinski definition) is 0. The minimum absolute atomic E-state index is 0.0915. The van der Waals surface area contributed by atoms with Gasteiger partial charge in [0.15, 0.2) is 0 Å². The highest BCUT2D eigenvalue weighted by Gasteiger charge is 2.53. The van der Waals surface area contributed by atoms with Gasteiger partial charge in [0.05, 0.1) is 5.41 Å². The van der Waals surface area contributed by atoms with E-state index in [9.17, 15) is 21.0 Å². The predicted molar refractivity (Wildman–Crippen MR) is 188 cm³/mol. The number of allylic oxidation sites excluding steroid dienone is 2. The van der Waals surface area contributed by atoms with Gasteiger partial charge >= 0.3 is 0 Å². The molecule has 1 spiro atoms. The summed E-state index contributed by atoms with van der Waals surface area (Å²) in [5, 5.41) is 40.5. The zero-order valence-electron chi connectivity index (χ0n) is 25.8. The quantitative estimate of drug-likeness (QED) is 0.159. The molecule has 4 aliphatic carbocycles. The molecule has 0 atom stereocenters. The van der Waals surface area contributed by atoms with Gasteiger partial charge < -0.3 is 0 Å². The lowest BCUT2D eigenvalue weighted by molar-refractivity contribution is 0.793. The van der Waals surface area contributed by atoms with E-state index in [1.54, 1.807) is 0 Å². The molecule has 4 aliphatic rings. The van der Waals surface area contributed by atoms with Crippen LogP contribution in [0, 0.1) is 45.3 Å². The summed E-state index contributed by atoms with van der Waals surface area (Å²) >= 11 is 0. The molecule has 4 nitrogen and oxygen atoms in total. The molecule has 4 heteroatoms. The van der Waals surface area contributed by atoms with Crippen LogP contribution >= 0.6 is 0 Å². The van der Waals surface area contributed by atoms with Gasteiger partial charge in [0.1, 0.15) is 35.4 Å². The van der Waals surface area contributed by atoms with Crippen molar-refractivity contribution in [3.63, 3.8) is 0 Å². The Morgan fingerprint density at radius 3 is 1.06 bits per heavy atom. The van der Waals surface area contributed by atoms with E-state index in [0.717, 1.165) is 89.0 Å².